The second kappa shape index (κ2) is 9.15. The van der Waals surface area contributed by atoms with Gasteiger partial charge in [-0.1, -0.05) is 13.8 Å². The first-order valence-electron chi connectivity index (χ1n) is 11.1. The molecule has 2 aliphatic heterocycles. The van der Waals surface area contributed by atoms with Gasteiger partial charge >= 0.3 is 6.18 Å². The Hall–Kier alpha value is -3.31. The van der Waals surface area contributed by atoms with Gasteiger partial charge in [0.05, 0.1) is 23.0 Å². The number of aromatic nitrogens is 3. The average molecular weight is 480 g/mol. The molecule has 2 aliphatic rings. The van der Waals surface area contributed by atoms with Gasteiger partial charge in [0.25, 0.3) is 5.91 Å². The van der Waals surface area contributed by atoms with E-state index >= 15 is 0 Å². The van der Waals surface area contributed by atoms with Crippen LogP contribution in [0.4, 0.5) is 30.6 Å². The number of nitrogens with zero attached hydrogens (tertiary/aromatic N) is 5. The maximum atomic E-state index is 12.6. The molecule has 4 heterocycles. The molecule has 2 aromatic heterocycles. The summed E-state index contributed by atoms with van der Waals surface area (Å²) in [4.78, 5) is 29.5. The van der Waals surface area contributed by atoms with Crippen molar-refractivity contribution in [2.75, 3.05) is 48.8 Å². The van der Waals surface area contributed by atoms with Gasteiger partial charge in [-0.3, -0.25) is 4.79 Å². The minimum absolute atomic E-state index is 0.00787. The number of likely N-dealkylation sites (N-methyl/N-ethyl adjacent to an activating group) is 1. The minimum Gasteiger partial charge on any atom is -0.468 e. The number of rotatable bonds is 6. The number of fused-ring (bicyclic) bond motifs is 1. The first kappa shape index (κ1) is 23.8. The van der Waals surface area contributed by atoms with Crippen LogP contribution < -0.4 is 20.3 Å². The van der Waals surface area contributed by atoms with E-state index in [-0.39, 0.29) is 23.4 Å². The van der Waals surface area contributed by atoms with Gasteiger partial charge in [-0.2, -0.15) is 18.2 Å². The van der Waals surface area contributed by atoms with Gasteiger partial charge in [-0.25, -0.2) is 9.97 Å². The summed E-state index contributed by atoms with van der Waals surface area (Å²) in [6, 6.07) is 2.98. The standard InChI is InChI=1S/C22H28F3N7O2/c1-12(2)16-8-27-18-13(3)28-21(30-19(18)31(16)4)29-15-9-32(10-15)20(33)14-5-6-17(26-7-14)34-11-22(23,24)25/h5-7,12,15-16,27H,8-11H2,1-4H3,(H,28,29,30)/t16-/m1/s1. The van der Waals surface area contributed by atoms with Crippen molar-refractivity contribution in [2.45, 2.75) is 39.0 Å². The molecule has 9 nitrogen and oxygen atoms in total. The lowest BCUT2D eigenvalue weighted by Gasteiger charge is -2.40. The van der Waals surface area contributed by atoms with E-state index in [0.717, 1.165) is 23.7 Å². The third kappa shape index (κ3) is 5.10. The normalized spacial score (nSPS) is 18.3. The summed E-state index contributed by atoms with van der Waals surface area (Å²) in [7, 11) is 2.04. The number of ether oxygens (including phenoxy) is 1. The molecule has 1 atom stereocenters. The summed E-state index contributed by atoms with van der Waals surface area (Å²) in [5.41, 5.74) is 2.07. The van der Waals surface area contributed by atoms with E-state index in [0.29, 0.717) is 31.0 Å². The van der Waals surface area contributed by atoms with Crippen molar-refractivity contribution in [3.8, 4) is 5.88 Å². The van der Waals surface area contributed by atoms with Crippen LogP contribution in [0.3, 0.4) is 0 Å². The number of hydrogen-bond donors (Lipinski definition) is 2. The van der Waals surface area contributed by atoms with Gasteiger partial charge in [0, 0.05) is 45.0 Å². The first-order valence-corrected chi connectivity index (χ1v) is 11.1. The SMILES string of the molecule is Cc1nc(NC2CN(C(=O)c3ccc(OCC(F)(F)F)nc3)C2)nc2c1NC[C@H](C(C)C)N2C. The van der Waals surface area contributed by atoms with Crippen molar-refractivity contribution in [1.82, 2.24) is 19.9 Å². The Morgan fingerprint density at radius 1 is 1.29 bits per heavy atom. The Bertz CT molecular complexity index is 1040. The van der Waals surface area contributed by atoms with Gasteiger partial charge in [-0.15, -0.1) is 0 Å². The highest BCUT2D eigenvalue weighted by Crippen LogP contribution is 2.33. The Labute approximate surface area is 195 Å². The lowest BCUT2D eigenvalue weighted by atomic mass is 10.0. The van der Waals surface area contributed by atoms with Crippen LogP contribution in [0.5, 0.6) is 5.88 Å². The van der Waals surface area contributed by atoms with Crippen LogP contribution in [0.1, 0.15) is 29.9 Å². The van der Waals surface area contributed by atoms with Gasteiger partial charge in [0.15, 0.2) is 12.4 Å². The van der Waals surface area contributed by atoms with E-state index in [2.05, 4.69) is 44.1 Å². The number of amides is 1. The third-order valence-electron chi connectivity index (χ3n) is 6.03. The molecule has 2 N–H and O–H groups in total. The highest BCUT2D eigenvalue weighted by Gasteiger charge is 2.34. The molecular weight excluding hydrogens is 451 g/mol. The second-order valence-corrected chi connectivity index (χ2v) is 8.97. The van der Waals surface area contributed by atoms with Gasteiger partial charge in [-0.05, 0) is 18.9 Å². The summed E-state index contributed by atoms with van der Waals surface area (Å²) in [6.45, 7) is 6.61. The maximum absolute atomic E-state index is 12.6. The first-order chi connectivity index (χ1) is 16.0. The van der Waals surface area contributed by atoms with Gasteiger partial charge in [0.1, 0.15) is 0 Å². The van der Waals surface area contributed by atoms with Crippen molar-refractivity contribution in [1.29, 1.82) is 0 Å². The second-order valence-electron chi connectivity index (χ2n) is 8.97. The fourth-order valence-electron chi connectivity index (χ4n) is 4.12. The molecule has 0 spiro atoms. The Morgan fingerprint density at radius 2 is 2.03 bits per heavy atom. The quantitative estimate of drug-likeness (QED) is 0.653. The zero-order valence-electron chi connectivity index (χ0n) is 19.5. The Morgan fingerprint density at radius 3 is 2.65 bits per heavy atom. The van der Waals surface area contributed by atoms with Crippen LogP contribution in [0.2, 0.25) is 0 Å². The van der Waals surface area contributed by atoms with Crippen molar-refractivity contribution in [3.63, 3.8) is 0 Å². The van der Waals surface area contributed by atoms with Crippen molar-refractivity contribution in [3.05, 3.63) is 29.6 Å². The predicted molar refractivity (Wildman–Crippen MR) is 121 cm³/mol. The number of carbonyl (C=O) groups excluding carboxylic acids is 1. The number of hydrogen-bond acceptors (Lipinski definition) is 8. The molecule has 2 aromatic rings. The van der Waals surface area contributed by atoms with Gasteiger partial charge < -0.3 is 25.2 Å². The monoisotopic (exact) mass is 479 g/mol. The van der Waals surface area contributed by atoms with Crippen LogP contribution in [0, 0.1) is 12.8 Å². The fraction of sp³-hybridized carbons (Fsp3) is 0.545. The minimum atomic E-state index is -4.45. The zero-order valence-corrected chi connectivity index (χ0v) is 19.5. The van der Waals surface area contributed by atoms with Crippen LogP contribution in [0.25, 0.3) is 0 Å². The molecule has 0 aliphatic carbocycles. The molecule has 4 rings (SSSR count). The topological polar surface area (TPSA) is 95.5 Å². The predicted octanol–water partition coefficient (Wildman–Crippen LogP) is 2.94. The van der Waals surface area contributed by atoms with E-state index in [1.165, 1.54) is 18.3 Å². The summed E-state index contributed by atoms with van der Waals surface area (Å²) < 4.78 is 41.3. The van der Waals surface area contributed by atoms with Crippen molar-refractivity contribution < 1.29 is 22.7 Å². The zero-order chi connectivity index (χ0) is 24.6. The van der Waals surface area contributed by atoms with Crippen molar-refractivity contribution in [2.24, 2.45) is 5.92 Å². The third-order valence-corrected chi connectivity index (χ3v) is 6.03. The summed E-state index contributed by atoms with van der Waals surface area (Å²) >= 11 is 0. The summed E-state index contributed by atoms with van der Waals surface area (Å²) in [5, 5.41) is 6.74. The molecule has 0 bridgehead atoms. The summed E-state index contributed by atoms with van der Waals surface area (Å²) in [6.07, 6.45) is -3.23. The van der Waals surface area contributed by atoms with E-state index in [1.807, 2.05) is 14.0 Å². The average Bonchev–Trinajstić information content (AvgIpc) is 2.74. The van der Waals surface area contributed by atoms with E-state index in [1.54, 1.807) is 4.90 Å². The number of aryl methyl sites for hydroxylation is 1. The molecule has 0 unspecified atom stereocenters. The number of carbonyl (C=O) groups is 1. The number of likely N-dealkylation sites (tertiary alicyclic amines) is 1. The van der Waals surface area contributed by atoms with Crippen LogP contribution in [0.15, 0.2) is 18.3 Å². The number of nitrogens with one attached hydrogen (secondary N) is 2. The Balaban J connectivity index is 1.34. The lowest BCUT2D eigenvalue weighted by molar-refractivity contribution is -0.154. The number of halogens is 3. The molecule has 0 saturated carbocycles. The molecule has 1 saturated heterocycles. The molecule has 0 radical (unpaired) electrons. The lowest BCUT2D eigenvalue weighted by Crippen LogP contribution is -2.57. The van der Waals surface area contributed by atoms with E-state index < -0.39 is 12.8 Å². The number of pyridine rings is 1. The van der Waals surface area contributed by atoms with Crippen LogP contribution >= 0.6 is 0 Å². The fourth-order valence-corrected chi connectivity index (χ4v) is 4.12. The van der Waals surface area contributed by atoms with Crippen LogP contribution in [-0.2, 0) is 0 Å². The summed E-state index contributed by atoms with van der Waals surface area (Å²) in [5.74, 6) is 1.39. The molecule has 34 heavy (non-hydrogen) atoms. The highest BCUT2D eigenvalue weighted by molar-refractivity contribution is 5.94. The maximum Gasteiger partial charge on any atom is 0.422 e. The highest BCUT2D eigenvalue weighted by atomic mass is 19.4. The van der Waals surface area contributed by atoms with Gasteiger partial charge in [0.2, 0.25) is 11.8 Å². The van der Waals surface area contributed by atoms with E-state index in [9.17, 15) is 18.0 Å². The molecule has 184 valence electrons. The molecular formula is C22H28F3N7O2. The van der Waals surface area contributed by atoms with Crippen molar-refractivity contribution >= 4 is 23.4 Å². The smallest absolute Gasteiger partial charge is 0.422 e. The number of alkyl halides is 3. The molecule has 1 fully saturated rings. The molecule has 0 aromatic carbocycles. The molecule has 12 heteroatoms. The largest absolute Gasteiger partial charge is 0.468 e. The number of anilines is 3. The van der Waals surface area contributed by atoms with Crippen LogP contribution in [-0.4, -0.2) is 77.3 Å². The Kier molecular flexibility index (Phi) is 6.41. The molecule has 1 amide bonds. The van der Waals surface area contributed by atoms with E-state index in [4.69, 9.17) is 4.98 Å².